The average molecular weight is 220 g/mol. The van der Waals surface area contributed by atoms with Gasteiger partial charge in [-0.25, -0.2) is 0 Å². The Morgan fingerprint density at radius 2 is 2.06 bits per heavy atom. The molecule has 0 aromatic carbocycles. The van der Waals surface area contributed by atoms with Gasteiger partial charge in [-0.2, -0.15) is 0 Å². The Morgan fingerprint density at radius 3 is 2.94 bits per heavy atom. The van der Waals surface area contributed by atoms with Crippen molar-refractivity contribution in [3.8, 4) is 0 Å². The van der Waals surface area contributed by atoms with E-state index >= 15 is 0 Å². The fraction of sp³-hybridized carbons (Fsp3) is 0.529. The van der Waals surface area contributed by atoms with Gasteiger partial charge in [0, 0.05) is 11.3 Å². The second kappa shape index (κ2) is 1.83. The van der Waals surface area contributed by atoms with Gasteiger partial charge in [0.1, 0.15) is 0 Å². The molecule has 0 heteroatoms. The van der Waals surface area contributed by atoms with E-state index in [1.165, 1.54) is 19.3 Å². The summed E-state index contributed by atoms with van der Waals surface area (Å²) in [5.74, 6) is 1.68. The molecule has 0 aromatic heterocycles. The van der Waals surface area contributed by atoms with Crippen LogP contribution in [0.3, 0.4) is 0 Å². The molecule has 3 unspecified atom stereocenters. The van der Waals surface area contributed by atoms with E-state index in [1.807, 2.05) is 5.57 Å². The summed E-state index contributed by atoms with van der Waals surface area (Å²) in [5, 5.41) is 0. The lowest BCUT2D eigenvalue weighted by Gasteiger charge is -2.53. The van der Waals surface area contributed by atoms with E-state index in [0.29, 0.717) is 10.8 Å². The van der Waals surface area contributed by atoms with E-state index in [2.05, 4.69) is 26.0 Å². The van der Waals surface area contributed by atoms with Crippen LogP contribution < -0.4 is 0 Å². The maximum absolute atomic E-state index is 2.62. The Balaban J connectivity index is 1.91. The van der Waals surface area contributed by atoms with Gasteiger partial charge in [-0.1, -0.05) is 31.6 Å². The molecule has 9 aliphatic rings. The predicted molar refractivity (Wildman–Crippen MR) is 67.3 cm³/mol. The van der Waals surface area contributed by atoms with Gasteiger partial charge in [-0.3, -0.25) is 0 Å². The van der Waals surface area contributed by atoms with Crippen LogP contribution in [-0.4, -0.2) is 0 Å². The van der Waals surface area contributed by atoms with Crippen LogP contribution >= 0.6 is 0 Å². The SMILES string of the molecule is CC1(C)C2=CC3=C4CC35CC3C2=CC4=C3C1C5. The number of hydrogen-bond donors (Lipinski definition) is 0. The highest BCUT2D eigenvalue weighted by atomic mass is 14.7. The van der Waals surface area contributed by atoms with Crippen molar-refractivity contribution in [3.05, 3.63) is 45.6 Å². The zero-order valence-electron chi connectivity index (χ0n) is 10.4. The summed E-state index contributed by atoms with van der Waals surface area (Å²) < 4.78 is 0. The Hall–Kier alpha value is -1.04. The highest BCUT2D eigenvalue weighted by Gasteiger charge is 2.66. The van der Waals surface area contributed by atoms with Crippen molar-refractivity contribution in [2.75, 3.05) is 0 Å². The molecule has 84 valence electrons. The van der Waals surface area contributed by atoms with Crippen molar-refractivity contribution < 1.29 is 0 Å². The summed E-state index contributed by atoms with van der Waals surface area (Å²) in [7, 11) is 0. The second-order valence-corrected chi connectivity index (χ2v) is 7.61. The van der Waals surface area contributed by atoms with E-state index in [9.17, 15) is 0 Å². The van der Waals surface area contributed by atoms with Crippen LogP contribution in [0, 0.1) is 22.7 Å². The van der Waals surface area contributed by atoms with Crippen LogP contribution in [0.5, 0.6) is 0 Å². The lowest BCUT2D eigenvalue weighted by Crippen LogP contribution is -2.44. The lowest BCUT2D eigenvalue weighted by atomic mass is 9.50. The third kappa shape index (κ3) is 0.544. The van der Waals surface area contributed by atoms with Gasteiger partial charge in [0.25, 0.3) is 0 Å². The molecule has 0 radical (unpaired) electrons. The molecule has 0 heterocycles. The van der Waals surface area contributed by atoms with Crippen LogP contribution in [0.1, 0.15) is 33.1 Å². The maximum atomic E-state index is 2.62. The number of hydrogen-bond acceptors (Lipinski definition) is 0. The van der Waals surface area contributed by atoms with Gasteiger partial charge in [-0.05, 0) is 58.5 Å². The van der Waals surface area contributed by atoms with Gasteiger partial charge < -0.3 is 0 Å². The highest BCUT2D eigenvalue weighted by molar-refractivity contribution is 5.76. The average Bonchev–Trinajstić information content (AvgIpc) is 2.49. The van der Waals surface area contributed by atoms with Crippen LogP contribution in [0.2, 0.25) is 0 Å². The smallest absolute Gasteiger partial charge is 0.00721 e. The van der Waals surface area contributed by atoms with Gasteiger partial charge in [-0.15, -0.1) is 0 Å². The van der Waals surface area contributed by atoms with Crippen molar-refractivity contribution >= 4 is 0 Å². The van der Waals surface area contributed by atoms with Gasteiger partial charge in [0.05, 0.1) is 0 Å². The van der Waals surface area contributed by atoms with E-state index < -0.39 is 0 Å². The Morgan fingerprint density at radius 1 is 1.18 bits per heavy atom. The summed E-state index contributed by atoms with van der Waals surface area (Å²) in [6.45, 7) is 4.98. The molecule has 9 rings (SSSR count). The summed E-state index contributed by atoms with van der Waals surface area (Å²) in [4.78, 5) is 0. The molecule has 17 heavy (non-hydrogen) atoms. The first-order valence-electron chi connectivity index (χ1n) is 7.04. The van der Waals surface area contributed by atoms with Crippen LogP contribution in [-0.2, 0) is 0 Å². The van der Waals surface area contributed by atoms with E-state index in [4.69, 9.17) is 0 Å². The monoisotopic (exact) mass is 220 g/mol. The molecule has 0 saturated heterocycles. The first-order valence-corrected chi connectivity index (χ1v) is 7.04. The van der Waals surface area contributed by atoms with Crippen LogP contribution in [0.15, 0.2) is 45.6 Å². The zero-order valence-corrected chi connectivity index (χ0v) is 10.4. The van der Waals surface area contributed by atoms with Gasteiger partial charge >= 0.3 is 0 Å². The molecular formula is C17H16. The molecule has 0 N–H and O–H groups in total. The van der Waals surface area contributed by atoms with Crippen molar-refractivity contribution in [2.24, 2.45) is 22.7 Å². The maximum Gasteiger partial charge on any atom is 0.00721 e. The van der Waals surface area contributed by atoms with Crippen molar-refractivity contribution in [1.29, 1.82) is 0 Å². The molecule has 0 aliphatic heterocycles. The third-order valence-corrected chi connectivity index (χ3v) is 6.83. The van der Waals surface area contributed by atoms with E-state index in [0.717, 1.165) is 11.8 Å². The van der Waals surface area contributed by atoms with Crippen molar-refractivity contribution in [1.82, 2.24) is 0 Å². The van der Waals surface area contributed by atoms with Gasteiger partial charge in [0.15, 0.2) is 0 Å². The molecule has 3 atom stereocenters. The molecule has 0 amide bonds. The second-order valence-electron chi connectivity index (χ2n) is 7.61. The summed E-state index contributed by atoms with van der Waals surface area (Å²) in [5.41, 5.74) is 11.5. The first kappa shape index (κ1) is 8.13. The minimum atomic E-state index is 0.405. The lowest BCUT2D eigenvalue weighted by molar-refractivity contribution is 0.118. The Labute approximate surface area is 102 Å². The molecule has 1 spiro atoms. The minimum absolute atomic E-state index is 0.405. The zero-order chi connectivity index (χ0) is 11.2. The summed E-state index contributed by atoms with van der Waals surface area (Å²) in [6.07, 6.45) is 9.49. The standard InChI is InChI=1S/C17H16/c1-16(2)12-4-13-10-5-17(13)6-11-8(12)3-9(10)15(11)14(16)7-17/h3-4,11,14H,5-7H2,1-2H3. The topological polar surface area (TPSA) is 0 Å². The van der Waals surface area contributed by atoms with Crippen LogP contribution in [0.25, 0.3) is 0 Å². The van der Waals surface area contributed by atoms with Crippen molar-refractivity contribution in [2.45, 2.75) is 33.1 Å². The predicted octanol–water partition coefficient (Wildman–Crippen LogP) is 3.93. The van der Waals surface area contributed by atoms with Gasteiger partial charge in [0.2, 0.25) is 0 Å². The molecule has 0 nitrogen and oxygen atoms in total. The molecule has 0 aromatic rings. The quantitative estimate of drug-likeness (QED) is 0.580. The molecule has 9 bridgehead atoms. The Kier molecular flexibility index (Phi) is 0.873. The third-order valence-electron chi connectivity index (χ3n) is 6.83. The first-order chi connectivity index (χ1) is 8.12. The Bertz CT molecular complexity index is 662. The number of rotatable bonds is 0. The van der Waals surface area contributed by atoms with E-state index in [1.54, 1.807) is 27.9 Å². The highest BCUT2D eigenvalue weighted by Crippen LogP contribution is 2.77. The fourth-order valence-corrected chi connectivity index (χ4v) is 6.05. The molecular weight excluding hydrogens is 204 g/mol. The molecule has 9 aliphatic carbocycles. The van der Waals surface area contributed by atoms with E-state index in [-0.39, 0.29) is 0 Å². The largest absolute Gasteiger partial charge is 0.0552 e. The summed E-state index contributed by atoms with van der Waals surface area (Å²) >= 11 is 0. The van der Waals surface area contributed by atoms with Crippen molar-refractivity contribution in [3.63, 3.8) is 0 Å². The minimum Gasteiger partial charge on any atom is -0.0552 e. The molecule has 2 fully saturated rings. The fourth-order valence-electron chi connectivity index (χ4n) is 6.05. The summed E-state index contributed by atoms with van der Waals surface area (Å²) in [6, 6.07) is 0. The number of allylic oxidation sites excluding steroid dienone is 8. The van der Waals surface area contributed by atoms with Crippen LogP contribution in [0.4, 0.5) is 0 Å². The molecule has 2 saturated carbocycles. The normalized spacial score (nSPS) is 48.8.